The molecule has 166 valence electrons. The van der Waals surface area contributed by atoms with Crippen LogP contribution in [-0.4, -0.2) is 35.7 Å². The van der Waals surface area contributed by atoms with Gasteiger partial charge in [-0.15, -0.1) is 0 Å². The second kappa shape index (κ2) is 9.04. The van der Waals surface area contributed by atoms with E-state index in [4.69, 9.17) is 9.47 Å². The molecule has 3 aromatic carbocycles. The third-order valence-electron chi connectivity index (χ3n) is 5.36. The van der Waals surface area contributed by atoms with Gasteiger partial charge in [0.05, 0.1) is 4.92 Å². The summed E-state index contributed by atoms with van der Waals surface area (Å²) in [6, 6.07) is 15.9. The van der Waals surface area contributed by atoms with Crippen molar-refractivity contribution in [2.75, 3.05) is 13.2 Å². The molecule has 0 unspecified atom stereocenters. The number of esters is 1. The van der Waals surface area contributed by atoms with Crippen molar-refractivity contribution in [3.63, 3.8) is 0 Å². The zero-order valence-corrected chi connectivity index (χ0v) is 17.7. The van der Waals surface area contributed by atoms with Gasteiger partial charge in [0.25, 0.3) is 5.69 Å². The number of benzene rings is 3. The van der Waals surface area contributed by atoms with Crippen LogP contribution in [-0.2, 0) is 11.2 Å². The maximum absolute atomic E-state index is 13.0. The van der Waals surface area contributed by atoms with E-state index in [2.05, 4.69) is 0 Å². The quantitative estimate of drug-likeness (QED) is 0.182. The zero-order valence-electron chi connectivity index (χ0n) is 17.7. The van der Waals surface area contributed by atoms with Crippen molar-refractivity contribution in [3.05, 3.63) is 104 Å². The van der Waals surface area contributed by atoms with E-state index in [0.717, 1.165) is 18.1 Å². The number of fused-ring (bicyclic) bond motifs is 2. The fourth-order valence-corrected chi connectivity index (χ4v) is 3.75. The van der Waals surface area contributed by atoms with Gasteiger partial charge in [-0.1, -0.05) is 43.3 Å². The average molecular weight is 445 g/mol. The van der Waals surface area contributed by atoms with Gasteiger partial charge >= 0.3 is 5.97 Å². The molecular weight excluding hydrogens is 426 g/mol. The Morgan fingerprint density at radius 3 is 2.33 bits per heavy atom. The number of aryl methyl sites for hydroxylation is 1. The van der Waals surface area contributed by atoms with Crippen molar-refractivity contribution in [1.29, 1.82) is 0 Å². The maximum Gasteiger partial charge on any atom is 0.345 e. The number of nitro groups is 1. The van der Waals surface area contributed by atoms with Crippen LogP contribution in [0.3, 0.4) is 0 Å². The van der Waals surface area contributed by atoms with E-state index >= 15 is 0 Å². The first kappa shape index (κ1) is 21.9. The molecule has 8 nitrogen and oxygen atoms in total. The van der Waals surface area contributed by atoms with E-state index in [0.29, 0.717) is 5.75 Å². The van der Waals surface area contributed by atoms with E-state index in [1.165, 1.54) is 18.2 Å². The lowest BCUT2D eigenvalue weighted by atomic mass is 9.82. The lowest BCUT2D eigenvalue weighted by molar-refractivity contribution is -0.385. The largest absolute Gasteiger partial charge is 0.490 e. The van der Waals surface area contributed by atoms with E-state index < -0.39 is 39.3 Å². The molecule has 4 rings (SSSR count). The molecule has 0 radical (unpaired) electrons. The molecule has 1 aliphatic carbocycles. The molecule has 0 atom stereocenters. The van der Waals surface area contributed by atoms with Crippen molar-refractivity contribution in [1.82, 2.24) is 0 Å². The summed E-state index contributed by atoms with van der Waals surface area (Å²) >= 11 is 0. The third-order valence-corrected chi connectivity index (χ3v) is 5.36. The number of hydrogen-bond acceptors (Lipinski definition) is 7. The van der Waals surface area contributed by atoms with E-state index in [1.807, 2.05) is 25.1 Å². The molecule has 0 amide bonds. The summed E-state index contributed by atoms with van der Waals surface area (Å²) in [5.41, 5.74) is -0.314. The number of nitrogens with zero attached hydrogens (tertiary/aromatic N) is 1. The molecule has 0 aliphatic heterocycles. The van der Waals surface area contributed by atoms with E-state index in [-0.39, 0.29) is 29.9 Å². The topological polar surface area (TPSA) is 113 Å². The molecule has 0 fully saturated rings. The molecule has 0 saturated carbocycles. The van der Waals surface area contributed by atoms with Crippen LogP contribution in [0.5, 0.6) is 5.75 Å². The van der Waals surface area contributed by atoms with Gasteiger partial charge in [-0.05, 0) is 36.2 Å². The fourth-order valence-electron chi connectivity index (χ4n) is 3.75. The van der Waals surface area contributed by atoms with Crippen molar-refractivity contribution in [2.24, 2.45) is 0 Å². The molecule has 3 aromatic rings. The lowest BCUT2D eigenvalue weighted by Crippen LogP contribution is -2.24. The minimum atomic E-state index is -0.977. The highest BCUT2D eigenvalue weighted by molar-refractivity contribution is 6.30. The fraction of sp³-hybridized carbons (Fsp3) is 0.160. The number of carbonyl (C=O) groups excluding carboxylic acids is 3. The highest BCUT2D eigenvalue weighted by Crippen LogP contribution is 2.35. The predicted octanol–water partition coefficient (Wildman–Crippen LogP) is 4.17. The highest BCUT2D eigenvalue weighted by Gasteiger charge is 2.38. The molecule has 33 heavy (non-hydrogen) atoms. The van der Waals surface area contributed by atoms with Gasteiger partial charge in [0.2, 0.25) is 5.78 Å². The molecule has 0 N–H and O–H groups in total. The van der Waals surface area contributed by atoms with Gasteiger partial charge in [0.15, 0.2) is 5.78 Å². The number of carbonyl (C=O) groups is 3. The summed E-state index contributed by atoms with van der Waals surface area (Å²) in [7, 11) is 0. The first-order chi connectivity index (χ1) is 15.9. The van der Waals surface area contributed by atoms with Crippen LogP contribution in [0.1, 0.15) is 54.7 Å². The number of ether oxygens (including phenoxy) is 2. The van der Waals surface area contributed by atoms with Crippen molar-refractivity contribution >= 4 is 23.2 Å². The minimum Gasteiger partial charge on any atom is -0.490 e. The van der Waals surface area contributed by atoms with Crippen LogP contribution >= 0.6 is 0 Å². The molecule has 0 bridgehead atoms. The summed E-state index contributed by atoms with van der Waals surface area (Å²) in [6.45, 7) is 1.91. The van der Waals surface area contributed by atoms with Crippen molar-refractivity contribution in [3.8, 4) is 5.75 Å². The van der Waals surface area contributed by atoms with E-state index in [1.54, 1.807) is 18.2 Å². The van der Waals surface area contributed by atoms with Gasteiger partial charge in [0.1, 0.15) is 30.1 Å². The van der Waals surface area contributed by atoms with Gasteiger partial charge in [-0.2, -0.15) is 0 Å². The van der Waals surface area contributed by atoms with Crippen LogP contribution in [0.2, 0.25) is 0 Å². The molecule has 1 aliphatic rings. The van der Waals surface area contributed by atoms with Gasteiger partial charge in [0, 0.05) is 16.7 Å². The summed E-state index contributed by atoms with van der Waals surface area (Å²) in [5.74, 6) is -1.55. The summed E-state index contributed by atoms with van der Waals surface area (Å²) in [5, 5.41) is 11.8. The van der Waals surface area contributed by atoms with Crippen LogP contribution in [0.25, 0.3) is 0 Å². The van der Waals surface area contributed by atoms with Crippen molar-refractivity contribution < 1.29 is 28.8 Å². The number of nitro benzene ring substituents is 1. The minimum absolute atomic E-state index is 0.0441. The zero-order chi connectivity index (χ0) is 23.5. The van der Waals surface area contributed by atoms with Crippen molar-refractivity contribution in [2.45, 2.75) is 13.3 Å². The van der Waals surface area contributed by atoms with Gasteiger partial charge in [-0.3, -0.25) is 19.7 Å². The average Bonchev–Trinajstić information content (AvgIpc) is 2.84. The van der Waals surface area contributed by atoms with Crippen LogP contribution < -0.4 is 4.74 Å². The summed E-state index contributed by atoms with van der Waals surface area (Å²) in [6.07, 6.45) is 0.847. The predicted molar refractivity (Wildman–Crippen MR) is 118 cm³/mol. The Morgan fingerprint density at radius 2 is 1.64 bits per heavy atom. The van der Waals surface area contributed by atoms with Gasteiger partial charge < -0.3 is 9.47 Å². The van der Waals surface area contributed by atoms with Crippen LogP contribution in [0, 0.1) is 10.1 Å². The molecular formula is C25H19NO7. The third kappa shape index (κ3) is 4.10. The van der Waals surface area contributed by atoms with E-state index in [9.17, 15) is 24.5 Å². The second-order valence-electron chi connectivity index (χ2n) is 7.33. The highest BCUT2D eigenvalue weighted by atomic mass is 16.6. The number of hydrogen-bond donors (Lipinski definition) is 0. The Hall–Kier alpha value is -4.33. The SMILES string of the molecule is CCc1cccc(OCCOC(=O)c2ccc3c(c2[N+](=O)[O-])C(=O)c2ccccc2C3=O)c1. The van der Waals surface area contributed by atoms with Gasteiger partial charge in [-0.25, -0.2) is 4.79 Å². The van der Waals surface area contributed by atoms with Crippen LogP contribution in [0.15, 0.2) is 60.7 Å². The monoisotopic (exact) mass is 445 g/mol. The molecule has 0 aromatic heterocycles. The number of rotatable bonds is 7. The smallest absolute Gasteiger partial charge is 0.345 e. The first-order valence-electron chi connectivity index (χ1n) is 10.3. The Kier molecular flexibility index (Phi) is 5.99. The first-order valence-corrected chi connectivity index (χ1v) is 10.3. The second-order valence-corrected chi connectivity index (χ2v) is 7.33. The summed E-state index contributed by atoms with van der Waals surface area (Å²) < 4.78 is 10.7. The maximum atomic E-state index is 13.0. The molecule has 0 spiro atoms. The molecule has 0 saturated heterocycles. The number of ketones is 2. The lowest BCUT2D eigenvalue weighted by Gasteiger charge is -2.18. The normalized spacial score (nSPS) is 12.0. The van der Waals surface area contributed by atoms with Crippen LogP contribution in [0.4, 0.5) is 5.69 Å². The summed E-state index contributed by atoms with van der Waals surface area (Å²) in [4.78, 5) is 49.4. The Bertz CT molecular complexity index is 1300. The molecule has 8 heteroatoms. The standard InChI is InChI=1S/C25H19NO7/c1-2-15-6-5-7-16(14-15)32-12-13-33-25(29)20-11-10-19-21(22(20)26(30)31)24(28)18-9-4-3-8-17(18)23(19)27/h3-11,14H,2,12-13H2,1H3. The Labute approximate surface area is 188 Å². The molecule has 0 heterocycles. The Morgan fingerprint density at radius 1 is 0.909 bits per heavy atom. The Balaban J connectivity index is 1.56.